The Bertz CT molecular complexity index is 704. The summed E-state index contributed by atoms with van der Waals surface area (Å²) in [7, 11) is 1.68. The first-order valence-electron chi connectivity index (χ1n) is 8.01. The van der Waals surface area contributed by atoms with Gasteiger partial charge >= 0.3 is 6.03 Å². The lowest BCUT2D eigenvalue weighted by atomic mass is 10.1. The predicted molar refractivity (Wildman–Crippen MR) is 95.8 cm³/mol. The van der Waals surface area contributed by atoms with E-state index in [1.54, 1.807) is 18.8 Å². The third kappa shape index (κ3) is 3.13. The summed E-state index contributed by atoms with van der Waals surface area (Å²) in [6, 6.07) is 7.36. The number of benzene rings is 1. The molecule has 0 spiro atoms. The summed E-state index contributed by atoms with van der Waals surface area (Å²) in [6.07, 6.45) is -0.461. The van der Waals surface area contributed by atoms with Gasteiger partial charge in [0.1, 0.15) is 0 Å². The van der Waals surface area contributed by atoms with Crippen molar-refractivity contribution in [1.29, 1.82) is 0 Å². The van der Waals surface area contributed by atoms with Gasteiger partial charge < -0.3 is 9.80 Å². The van der Waals surface area contributed by atoms with E-state index in [0.29, 0.717) is 11.8 Å². The Hall–Kier alpha value is -2.02. The summed E-state index contributed by atoms with van der Waals surface area (Å²) in [6.45, 7) is 6.83. The van der Waals surface area contributed by atoms with Gasteiger partial charge in [0, 0.05) is 18.8 Å². The van der Waals surface area contributed by atoms with Crippen molar-refractivity contribution >= 4 is 28.9 Å². The van der Waals surface area contributed by atoms with Crippen molar-refractivity contribution < 1.29 is 9.59 Å². The van der Waals surface area contributed by atoms with Crippen molar-refractivity contribution in [3.8, 4) is 0 Å². The first-order valence-corrected chi connectivity index (χ1v) is 8.89. The summed E-state index contributed by atoms with van der Waals surface area (Å²) >= 11 is 1.62. The summed E-state index contributed by atoms with van der Waals surface area (Å²) in [5, 5.41) is 3.58. The number of aryl methyl sites for hydroxylation is 1. The van der Waals surface area contributed by atoms with Gasteiger partial charge in [0.25, 0.3) is 5.91 Å². The maximum atomic E-state index is 12.4. The van der Waals surface area contributed by atoms with Gasteiger partial charge in [0.2, 0.25) is 0 Å². The number of hydrogen-bond acceptors (Lipinski definition) is 5. The Balaban J connectivity index is 1.93. The Labute approximate surface area is 146 Å². The number of nitrogens with zero attached hydrogens (tertiary/aromatic N) is 3. The normalized spacial score (nSPS) is 23.5. The van der Waals surface area contributed by atoms with Gasteiger partial charge in [0.05, 0.1) is 0 Å². The first kappa shape index (κ1) is 16.8. The molecule has 2 aliphatic heterocycles. The molecule has 1 aromatic rings. The summed E-state index contributed by atoms with van der Waals surface area (Å²) in [4.78, 5) is 32.5. The van der Waals surface area contributed by atoms with E-state index in [1.165, 1.54) is 10.5 Å². The number of amidine groups is 1. The lowest BCUT2D eigenvalue weighted by molar-refractivity contribution is -0.127. The second kappa shape index (κ2) is 6.47. The number of fused-ring (bicyclic) bond motifs is 1. The Morgan fingerprint density at radius 3 is 2.75 bits per heavy atom. The van der Waals surface area contributed by atoms with Gasteiger partial charge in [-0.2, -0.15) is 0 Å². The maximum absolute atomic E-state index is 12.4. The molecule has 2 atom stereocenters. The molecule has 0 bridgehead atoms. The molecule has 1 fully saturated rings. The number of rotatable bonds is 3. The van der Waals surface area contributed by atoms with Crippen LogP contribution in [0.2, 0.25) is 0 Å². The van der Waals surface area contributed by atoms with Gasteiger partial charge in [-0.3, -0.25) is 10.1 Å². The highest BCUT2D eigenvalue weighted by Gasteiger charge is 2.48. The second-order valence-electron chi connectivity index (χ2n) is 6.46. The molecule has 2 unspecified atom stereocenters. The highest BCUT2D eigenvalue weighted by molar-refractivity contribution is 8.14. The molecular formula is C17H22N4O2S. The van der Waals surface area contributed by atoms with E-state index in [-0.39, 0.29) is 5.91 Å². The molecule has 3 amide bonds. The number of likely N-dealkylation sites (N-methyl/N-ethyl adjacent to an activating group) is 1. The zero-order valence-corrected chi connectivity index (χ0v) is 15.1. The fourth-order valence-electron chi connectivity index (χ4n) is 2.98. The fourth-order valence-corrected chi connectivity index (χ4v) is 3.89. The lowest BCUT2D eigenvalue weighted by Crippen LogP contribution is -2.63. The van der Waals surface area contributed by atoms with Crippen molar-refractivity contribution in [2.24, 2.45) is 4.99 Å². The first-order chi connectivity index (χ1) is 11.4. The van der Waals surface area contributed by atoms with Crippen LogP contribution in [-0.4, -0.2) is 51.4 Å². The number of carbonyl (C=O) groups is 2. The number of aliphatic imine (C=N–C) groups is 1. The second-order valence-corrected chi connectivity index (χ2v) is 8.00. The SMILES string of the molecule is Cc1cccc(CN2C(SC(C)C)=NC3C2C(=O)NC(=O)N3C)c1. The Morgan fingerprint density at radius 1 is 1.33 bits per heavy atom. The minimum atomic E-state index is -0.477. The van der Waals surface area contributed by atoms with Crippen molar-refractivity contribution in [2.45, 2.75) is 44.8 Å². The molecule has 1 saturated heterocycles. The molecule has 24 heavy (non-hydrogen) atoms. The summed E-state index contributed by atoms with van der Waals surface area (Å²) in [5.41, 5.74) is 2.30. The Kier molecular flexibility index (Phi) is 4.54. The van der Waals surface area contributed by atoms with E-state index in [2.05, 4.69) is 30.2 Å². The largest absolute Gasteiger partial charge is 0.331 e. The average molecular weight is 346 g/mol. The number of urea groups is 1. The molecule has 6 nitrogen and oxygen atoms in total. The van der Waals surface area contributed by atoms with E-state index in [0.717, 1.165) is 10.7 Å². The van der Waals surface area contributed by atoms with Crippen LogP contribution in [0.4, 0.5) is 4.79 Å². The van der Waals surface area contributed by atoms with Crippen LogP contribution in [0, 0.1) is 6.92 Å². The van der Waals surface area contributed by atoms with E-state index < -0.39 is 18.2 Å². The molecule has 2 heterocycles. The zero-order chi connectivity index (χ0) is 17.4. The molecular weight excluding hydrogens is 324 g/mol. The van der Waals surface area contributed by atoms with Gasteiger partial charge in [-0.05, 0) is 12.5 Å². The van der Waals surface area contributed by atoms with Crippen LogP contribution in [0.1, 0.15) is 25.0 Å². The van der Waals surface area contributed by atoms with E-state index in [1.807, 2.05) is 30.0 Å². The number of amides is 3. The van der Waals surface area contributed by atoms with Crippen LogP contribution in [0.5, 0.6) is 0 Å². The molecule has 1 N–H and O–H groups in total. The molecule has 7 heteroatoms. The quantitative estimate of drug-likeness (QED) is 0.911. The van der Waals surface area contributed by atoms with Gasteiger partial charge in [0.15, 0.2) is 17.4 Å². The molecule has 0 aromatic heterocycles. The molecule has 0 saturated carbocycles. The van der Waals surface area contributed by atoms with Crippen molar-refractivity contribution in [1.82, 2.24) is 15.1 Å². The van der Waals surface area contributed by atoms with Gasteiger partial charge in [-0.1, -0.05) is 55.4 Å². The number of hydrogen-bond donors (Lipinski definition) is 1. The summed E-state index contributed by atoms with van der Waals surface area (Å²) in [5.74, 6) is -0.279. The van der Waals surface area contributed by atoms with Crippen molar-refractivity contribution in [2.75, 3.05) is 7.05 Å². The molecule has 128 valence electrons. The van der Waals surface area contributed by atoms with E-state index >= 15 is 0 Å². The van der Waals surface area contributed by atoms with E-state index in [9.17, 15) is 9.59 Å². The number of nitrogens with one attached hydrogen (secondary N) is 1. The highest BCUT2D eigenvalue weighted by Crippen LogP contribution is 2.31. The number of carbonyl (C=O) groups excluding carboxylic acids is 2. The monoisotopic (exact) mass is 346 g/mol. The standard InChI is InChI=1S/C17H22N4O2S/c1-10(2)24-17-18-14-13(15(22)19-16(23)20(14)4)21(17)9-12-7-5-6-11(3)8-12/h5-8,10,13-14H,9H2,1-4H3,(H,19,22,23). The maximum Gasteiger partial charge on any atom is 0.325 e. The molecule has 2 aliphatic rings. The van der Waals surface area contributed by atoms with Crippen LogP contribution in [0.3, 0.4) is 0 Å². The molecule has 0 radical (unpaired) electrons. The van der Waals surface area contributed by atoms with Crippen LogP contribution >= 0.6 is 11.8 Å². The minimum absolute atomic E-state index is 0.279. The fraction of sp³-hybridized carbons (Fsp3) is 0.471. The molecule has 0 aliphatic carbocycles. The van der Waals surface area contributed by atoms with Crippen LogP contribution in [0.25, 0.3) is 0 Å². The zero-order valence-electron chi connectivity index (χ0n) is 14.3. The average Bonchev–Trinajstić information content (AvgIpc) is 2.83. The third-order valence-electron chi connectivity index (χ3n) is 4.10. The van der Waals surface area contributed by atoms with Crippen molar-refractivity contribution in [3.63, 3.8) is 0 Å². The highest BCUT2D eigenvalue weighted by atomic mass is 32.2. The number of thioether (sulfide) groups is 1. The topological polar surface area (TPSA) is 65.0 Å². The molecule has 3 rings (SSSR count). The molecule has 1 aromatic carbocycles. The minimum Gasteiger partial charge on any atom is -0.331 e. The van der Waals surface area contributed by atoms with Gasteiger partial charge in [-0.25, -0.2) is 9.79 Å². The van der Waals surface area contributed by atoms with Crippen molar-refractivity contribution in [3.05, 3.63) is 35.4 Å². The van der Waals surface area contributed by atoms with Crippen LogP contribution < -0.4 is 5.32 Å². The predicted octanol–water partition coefficient (Wildman–Crippen LogP) is 2.18. The smallest absolute Gasteiger partial charge is 0.325 e. The lowest BCUT2D eigenvalue weighted by Gasteiger charge is -2.36. The van der Waals surface area contributed by atoms with Crippen LogP contribution in [-0.2, 0) is 11.3 Å². The Morgan fingerprint density at radius 2 is 2.08 bits per heavy atom. The third-order valence-corrected chi connectivity index (χ3v) is 5.12. The number of imide groups is 1. The summed E-state index contributed by atoms with van der Waals surface area (Å²) < 4.78 is 0. The van der Waals surface area contributed by atoms with Crippen LogP contribution in [0.15, 0.2) is 29.3 Å². The van der Waals surface area contributed by atoms with Gasteiger partial charge in [-0.15, -0.1) is 0 Å². The van der Waals surface area contributed by atoms with E-state index in [4.69, 9.17) is 0 Å².